The summed E-state index contributed by atoms with van der Waals surface area (Å²) < 4.78 is 0. The molecule has 0 aromatic carbocycles. The van der Waals surface area contributed by atoms with Crippen molar-refractivity contribution < 1.29 is 14.4 Å². The molecule has 2 aliphatic rings. The highest BCUT2D eigenvalue weighted by Gasteiger charge is 2.48. The maximum absolute atomic E-state index is 12.1. The lowest BCUT2D eigenvalue weighted by molar-refractivity contribution is -0.136. The number of urea groups is 1. The fraction of sp³-hybridized carbons (Fsp3) is 0.769. The van der Waals surface area contributed by atoms with Gasteiger partial charge in [-0.3, -0.25) is 14.9 Å². The van der Waals surface area contributed by atoms with Crippen LogP contribution in [0.4, 0.5) is 4.79 Å². The second-order valence-corrected chi connectivity index (χ2v) is 5.62. The van der Waals surface area contributed by atoms with E-state index in [9.17, 15) is 14.4 Å². The van der Waals surface area contributed by atoms with E-state index in [1.54, 1.807) is 4.90 Å². The van der Waals surface area contributed by atoms with Gasteiger partial charge in [-0.25, -0.2) is 4.79 Å². The van der Waals surface area contributed by atoms with E-state index < -0.39 is 11.6 Å². The Balaban J connectivity index is 1.86. The van der Waals surface area contributed by atoms with Gasteiger partial charge in [-0.2, -0.15) is 0 Å². The molecule has 0 saturated carbocycles. The minimum absolute atomic E-state index is 0.0329. The lowest BCUT2D eigenvalue weighted by atomic mass is 9.87. The molecule has 0 aromatic heterocycles. The Hall–Kier alpha value is -1.63. The SMILES string of the molecule is CCCC(N)CC(=O)N1CCC2(CC1)NC(=O)NC2=O. The molecule has 1 unspecified atom stereocenters. The molecular weight excluding hydrogens is 260 g/mol. The Morgan fingerprint density at radius 2 is 2.05 bits per heavy atom. The number of hydrogen-bond donors (Lipinski definition) is 3. The zero-order valence-corrected chi connectivity index (χ0v) is 11.8. The lowest BCUT2D eigenvalue weighted by Gasteiger charge is -2.37. The highest BCUT2D eigenvalue weighted by atomic mass is 16.2. The summed E-state index contributed by atoms with van der Waals surface area (Å²) >= 11 is 0. The normalized spacial score (nSPS) is 22.6. The van der Waals surface area contributed by atoms with Crippen LogP contribution in [0.5, 0.6) is 0 Å². The van der Waals surface area contributed by atoms with Crippen LogP contribution in [0.25, 0.3) is 0 Å². The largest absolute Gasteiger partial charge is 0.342 e. The Labute approximate surface area is 118 Å². The van der Waals surface area contributed by atoms with E-state index in [0.717, 1.165) is 12.8 Å². The molecule has 1 atom stereocenters. The molecule has 2 fully saturated rings. The third kappa shape index (κ3) is 2.92. The van der Waals surface area contributed by atoms with Crippen LogP contribution in [-0.4, -0.2) is 47.4 Å². The topological polar surface area (TPSA) is 105 Å². The molecule has 0 aliphatic carbocycles. The molecule has 1 spiro atoms. The van der Waals surface area contributed by atoms with E-state index in [2.05, 4.69) is 10.6 Å². The van der Waals surface area contributed by atoms with E-state index in [1.165, 1.54) is 0 Å². The molecule has 4 amide bonds. The van der Waals surface area contributed by atoms with E-state index in [4.69, 9.17) is 5.73 Å². The molecule has 2 aliphatic heterocycles. The quantitative estimate of drug-likeness (QED) is 0.616. The molecule has 20 heavy (non-hydrogen) atoms. The van der Waals surface area contributed by atoms with Gasteiger partial charge in [-0.15, -0.1) is 0 Å². The van der Waals surface area contributed by atoms with Crippen molar-refractivity contribution in [3.8, 4) is 0 Å². The predicted molar refractivity (Wildman–Crippen MR) is 72.7 cm³/mol. The first-order valence-electron chi connectivity index (χ1n) is 7.14. The van der Waals surface area contributed by atoms with Gasteiger partial charge in [0.1, 0.15) is 5.54 Å². The maximum atomic E-state index is 12.1. The lowest BCUT2D eigenvalue weighted by Crippen LogP contribution is -2.56. The van der Waals surface area contributed by atoms with Gasteiger partial charge in [0.2, 0.25) is 5.91 Å². The number of hydrogen-bond acceptors (Lipinski definition) is 4. The predicted octanol–water partition coefficient (Wildman–Crippen LogP) is -0.295. The number of nitrogens with one attached hydrogen (secondary N) is 2. The molecule has 0 aromatic rings. The first-order valence-corrected chi connectivity index (χ1v) is 7.14. The van der Waals surface area contributed by atoms with Crippen LogP contribution >= 0.6 is 0 Å². The molecule has 112 valence electrons. The van der Waals surface area contributed by atoms with Gasteiger partial charge in [0.05, 0.1) is 0 Å². The summed E-state index contributed by atoms with van der Waals surface area (Å²) in [5.74, 6) is -0.247. The Bertz CT molecular complexity index is 416. The van der Waals surface area contributed by atoms with Crippen molar-refractivity contribution in [2.24, 2.45) is 5.73 Å². The van der Waals surface area contributed by atoms with Crippen molar-refractivity contribution >= 4 is 17.8 Å². The molecule has 0 radical (unpaired) electrons. The summed E-state index contributed by atoms with van der Waals surface area (Å²) in [5.41, 5.74) is 5.06. The Kier molecular flexibility index (Phi) is 4.27. The second kappa shape index (κ2) is 5.78. The number of rotatable bonds is 4. The van der Waals surface area contributed by atoms with Gasteiger partial charge in [-0.1, -0.05) is 13.3 Å². The molecule has 2 rings (SSSR count). The van der Waals surface area contributed by atoms with Crippen molar-refractivity contribution in [1.82, 2.24) is 15.5 Å². The maximum Gasteiger partial charge on any atom is 0.322 e. The fourth-order valence-corrected chi connectivity index (χ4v) is 2.84. The number of carbonyl (C=O) groups is 3. The van der Waals surface area contributed by atoms with Crippen LogP contribution in [0.3, 0.4) is 0 Å². The highest BCUT2D eigenvalue weighted by molar-refractivity contribution is 6.07. The molecule has 2 saturated heterocycles. The molecule has 0 bridgehead atoms. The number of likely N-dealkylation sites (tertiary alicyclic amines) is 1. The van der Waals surface area contributed by atoms with Gasteiger partial charge in [0, 0.05) is 25.6 Å². The molecule has 2 heterocycles. The van der Waals surface area contributed by atoms with Crippen molar-refractivity contribution in [2.75, 3.05) is 13.1 Å². The third-order valence-electron chi connectivity index (χ3n) is 4.08. The van der Waals surface area contributed by atoms with Gasteiger partial charge in [0.25, 0.3) is 5.91 Å². The summed E-state index contributed by atoms with van der Waals surface area (Å²) in [6.45, 7) is 2.99. The molecule has 4 N–H and O–H groups in total. The number of nitrogens with zero attached hydrogens (tertiary/aromatic N) is 1. The van der Waals surface area contributed by atoms with Crippen LogP contribution in [0, 0.1) is 0 Å². The monoisotopic (exact) mass is 282 g/mol. The van der Waals surface area contributed by atoms with Gasteiger partial charge >= 0.3 is 6.03 Å². The second-order valence-electron chi connectivity index (χ2n) is 5.62. The third-order valence-corrected chi connectivity index (χ3v) is 4.08. The van der Waals surface area contributed by atoms with Crippen LogP contribution < -0.4 is 16.4 Å². The molecular formula is C13H22N4O3. The van der Waals surface area contributed by atoms with Crippen LogP contribution in [0.2, 0.25) is 0 Å². The van der Waals surface area contributed by atoms with Crippen molar-refractivity contribution in [2.45, 2.75) is 50.6 Å². The van der Waals surface area contributed by atoms with Crippen molar-refractivity contribution in [3.05, 3.63) is 0 Å². The fourth-order valence-electron chi connectivity index (χ4n) is 2.84. The smallest absolute Gasteiger partial charge is 0.322 e. The van der Waals surface area contributed by atoms with E-state index in [-0.39, 0.29) is 17.9 Å². The highest BCUT2D eigenvalue weighted by Crippen LogP contribution is 2.25. The molecule has 7 heteroatoms. The zero-order chi connectivity index (χ0) is 14.8. The van der Waals surface area contributed by atoms with Crippen LogP contribution in [-0.2, 0) is 9.59 Å². The summed E-state index contributed by atoms with van der Waals surface area (Å²) in [6, 6.07) is -0.544. The van der Waals surface area contributed by atoms with Gasteiger partial charge in [-0.05, 0) is 19.3 Å². The van der Waals surface area contributed by atoms with Gasteiger partial charge in [0.15, 0.2) is 0 Å². The van der Waals surface area contributed by atoms with E-state index in [1.807, 2.05) is 6.92 Å². The number of carbonyl (C=O) groups excluding carboxylic acids is 3. The summed E-state index contributed by atoms with van der Waals surface area (Å²) in [7, 11) is 0. The van der Waals surface area contributed by atoms with Crippen LogP contribution in [0.15, 0.2) is 0 Å². The first-order chi connectivity index (χ1) is 9.47. The standard InChI is InChI=1S/C13H22N4O3/c1-2-3-9(14)8-10(18)17-6-4-13(5-7-17)11(19)15-12(20)16-13/h9H,2-8,14H2,1H3,(H2,15,16,19,20). The number of nitrogens with two attached hydrogens (primary N) is 1. The average molecular weight is 282 g/mol. The van der Waals surface area contributed by atoms with E-state index in [0.29, 0.717) is 32.4 Å². The summed E-state index contributed by atoms with van der Waals surface area (Å²) in [4.78, 5) is 36.8. The van der Waals surface area contributed by atoms with E-state index >= 15 is 0 Å². The first kappa shape index (κ1) is 14.8. The summed E-state index contributed by atoms with van der Waals surface area (Å²) in [5, 5.41) is 4.94. The Morgan fingerprint density at radius 1 is 1.40 bits per heavy atom. The van der Waals surface area contributed by atoms with Crippen molar-refractivity contribution in [1.29, 1.82) is 0 Å². The number of amides is 4. The van der Waals surface area contributed by atoms with Crippen LogP contribution in [0.1, 0.15) is 39.0 Å². The zero-order valence-electron chi connectivity index (χ0n) is 11.8. The van der Waals surface area contributed by atoms with Gasteiger partial charge < -0.3 is 16.0 Å². The van der Waals surface area contributed by atoms with Crippen molar-refractivity contribution in [3.63, 3.8) is 0 Å². The number of imide groups is 1. The summed E-state index contributed by atoms with van der Waals surface area (Å²) in [6.07, 6.45) is 3.06. The number of piperidine rings is 1. The Morgan fingerprint density at radius 3 is 2.55 bits per heavy atom. The molecule has 7 nitrogen and oxygen atoms in total. The minimum Gasteiger partial charge on any atom is -0.342 e. The minimum atomic E-state index is -0.820. The average Bonchev–Trinajstić information content (AvgIpc) is 2.65.